The van der Waals surface area contributed by atoms with Crippen LogP contribution in [0.5, 0.6) is 0 Å². The molecule has 1 heterocycles. The molecule has 33 heavy (non-hydrogen) atoms. The zero-order valence-electron chi connectivity index (χ0n) is 18.1. The summed E-state index contributed by atoms with van der Waals surface area (Å²) in [6.45, 7) is 3.83. The fourth-order valence-corrected chi connectivity index (χ4v) is 2.75. The van der Waals surface area contributed by atoms with Crippen molar-refractivity contribution in [3.05, 3.63) is 60.2 Å². The average Bonchev–Trinajstić information content (AvgIpc) is 2.72. The molecule has 0 bridgehead atoms. The van der Waals surface area contributed by atoms with Crippen LogP contribution >= 0.6 is 0 Å². The van der Waals surface area contributed by atoms with Crippen molar-refractivity contribution in [3.63, 3.8) is 0 Å². The monoisotopic (exact) mass is 482 g/mol. The molecule has 2 aromatic rings. The minimum atomic E-state index is -4.67. The Morgan fingerprint density at radius 2 is 1.67 bits per heavy atom. The third-order valence-electron chi connectivity index (χ3n) is 4.11. The van der Waals surface area contributed by atoms with E-state index >= 15 is 0 Å². The van der Waals surface area contributed by atoms with Crippen LogP contribution in [-0.4, -0.2) is 68.5 Å². The van der Waals surface area contributed by atoms with Crippen LogP contribution in [0.3, 0.4) is 0 Å². The third-order valence-corrected chi connectivity index (χ3v) is 4.11. The van der Waals surface area contributed by atoms with Gasteiger partial charge in [0.15, 0.2) is 0 Å². The first-order valence-electron chi connectivity index (χ1n) is 9.84. The van der Waals surface area contributed by atoms with Crippen molar-refractivity contribution in [2.24, 2.45) is 5.92 Å². The molecule has 1 aromatic heterocycles. The predicted molar refractivity (Wildman–Crippen MR) is 119 cm³/mol. The molecule has 12 nitrogen and oxygen atoms in total. The van der Waals surface area contributed by atoms with Gasteiger partial charge in [0.25, 0.3) is 5.91 Å². The molecule has 2 atom stereocenters. The van der Waals surface area contributed by atoms with Gasteiger partial charge in [-0.2, -0.15) is 8.42 Å². The Hall–Kier alpha value is -2.91. The second kappa shape index (κ2) is 13.6. The lowest BCUT2D eigenvalue weighted by molar-refractivity contribution is -0.123. The van der Waals surface area contributed by atoms with E-state index in [9.17, 15) is 19.6 Å². The number of carbonyl (C=O) groups excluding carboxylic acids is 2. The summed E-state index contributed by atoms with van der Waals surface area (Å²) in [6.07, 6.45) is 4.78. The summed E-state index contributed by atoms with van der Waals surface area (Å²) < 4.78 is 31.6. The smallest absolute Gasteiger partial charge is 0.426 e. The van der Waals surface area contributed by atoms with Crippen LogP contribution in [0.2, 0.25) is 0 Å². The summed E-state index contributed by atoms with van der Waals surface area (Å²) in [6, 6.07) is 8.33. The quantitative estimate of drug-likeness (QED) is 0.204. The topological polar surface area (TPSA) is 199 Å². The molecule has 0 aliphatic rings. The Morgan fingerprint density at radius 3 is 2.15 bits per heavy atom. The Labute approximate surface area is 192 Å². The molecule has 0 aliphatic heterocycles. The Balaban J connectivity index is 0.000000981. The molecule has 0 spiro atoms. The van der Waals surface area contributed by atoms with E-state index in [1.165, 1.54) is 18.6 Å². The SMILES string of the molecule is CC(C)CC(NC(=O)C(Cc1ccccc1)NC(=O)c1cnccn1)B(O)O.O=S(=O)(O)O. The van der Waals surface area contributed by atoms with Crippen molar-refractivity contribution in [1.29, 1.82) is 0 Å². The molecule has 0 radical (unpaired) electrons. The molecule has 0 saturated carbocycles. The van der Waals surface area contributed by atoms with Gasteiger partial charge < -0.3 is 20.7 Å². The van der Waals surface area contributed by atoms with Crippen LogP contribution in [0.25, 0.3) is 0 Å². The average molecular weight is 482 g/mol. The van der Waals surface area contributed by atoms with Crippen LogP contribution in [0.1, 0.15) is 36.3 Å². The van der Waals surface area contributed by atoms with Crippen molar-refractivity contribution >= 4 is 29.3 Å². The van der Waals surface area contributed by atoms with Crippen LogP contribution < -0.4 is 10.6 Å². The van der Waals surface area contributed by atoms with Crippen molar-refractivity contribution in [3.8, 4) is 0 Å². The number of amides is 2. The highest BCUT2D eigenvalue weighted by atomic mass is 32.3. The molecule has 180 valence electrons. The Morgan fingerprint density at radius 1 is 1.06 bits per heavy atom. The van der Waals surface area contributed by atoms with Crippen LogP contribution in [0, 0.1) is 5.92 Å². The van der Waals surface area contributed by atoms with E-state index in [1.54, 1.807) is 0 Å². The Kier molecular flexibility index (Phi) is 11.6. The summed E-state index contributed by atoms with van der Waals surface area (Å²) >= 11 is 0. The fraction of sp³-hybridized carbons (Fsp3) is 0.368. The maximum Gasteiger partial charge on any atom is 0.475 e. The second-order valence-corrected chi connectivity index (χ2v) is 8.31. The minimum absolute atomic E-state index is 0.0919. The molecule has 0 aliphatic carbocycles. The maximum absolute atomic E-state index is 12.8. The number of carbonyl (C=O) groups is 2. The number of benzene rings is 1. The van der Waals surface area contributed by atoms with Gasteiger partial charge in [-0.1, -0.05) is 44.2 Å². The molecule has 14 heteroatoms. The first-order valence-corrected chi connectivity index (χ1v) is 11.2. The molecule has 2 rings (SSSR count). The molecule has 6 N–H and O–H groups in total. The van der Waals surface area contributed by atoms with Gasteiger partial charge in [-0.05, 0) is 17.9 Å². The Bertz CT molecular complexity index is 970. The van der Waals surface area contributed by atoms with E-state index in [0.717, 1.165) is 5.56 Å². The molecule has 0 fully saturated rings. The normalized spacial score (nSPS) is 12.7. The molecule has 1 aromatic carbocycles. The number of nitrogens with zero attached hydrogens (tertiary/aromatic N) is 2. The van der Waals surface area contributed by atoms with Crippen molar-refractivity contribution in [2.45, 2.75) is 38.7 Å². The lowest BCUT2D eigenvalue weighted by atomic mass is 9.75. The number of hydrogen-bond acceptors (Lipinski definition) is 8. The van der Waals surface area contributed by atoms with E-state index in [1.807, 2.05) is 44.2 Å². The van der Waals surface area contributed by atoms with Crippen molar-refractivity contribution < 1.29 is 37.2 Å². The maximum atomic E-state index is 12.8. The largest absolute Gasteiger partial charge is 0.475 e. The number of aromatic nitrogens is 2. The standard InChI is InChI=1S/C19H25BN4O4.H2O4S/c1-13(2)10-17(20(27)28)24-18(25)15(11-14-6-4-3-5-7-14)23-19(26)16-12-21-8-9-22-16;1-5(2,3)4/h3-9,12-13,15,17,27-28H,10-11H2,1-2H3,(H,23,26)(H,24,25);(H2,1,2,3,4). The van der Waals surface area contributed by atoms with Gasteiger partial charge in [0, 0.05) is 18.8 Å². The molecule has 2 amide bonds. The van der Waals surface area contributed by atoms with Gasteiger partial charge in [0.05, 0.1) is 12.1 Å². The predicted octanol–water partition coefficient (Wildman–Crippen LogP) is -0.292. The zero-order valence-corrected chi connectivity index (χ0v) is 18.9. The molecule has 0 saturated heterocycles. The molecule has 2 unspecified atom stereocenters. The van der Waals surface area contributed by atoms with E-state index in [2.05, 4.69) is 20.6 Å². The highest BCUT2D eigenvalue weighted by Crippen LogP contribution is 2.09. The summed E-state index contributed by atoms with van der Waals surface area (Å²) in [5, 5.41) is 24.5. The zero-order chi connectivity index (χ0) is 25.0. The molecular weight excluding hydrogens is 455 g/mol. The van der Waals surface area contributed by atoms with Gasteiger partial charge in [-0.15, -0.1) is 0 Å². The lowest BCUT2D eigenvalue weighted by Crippen LogP contribution is -2.55. The van der Waals surface area contributed by atoms with E-state index in [-0.39, 0.29) is 18.0 Å². The lowest BCUT2D eigenvalue weighted by Gasteiger charge is -2.24. The first kappa shape index (κ1) is 28.1. The van der Waals surface area contributed by atoms with Crippen LogP contribution in [0.4, 0.5) is 0 Å². The van der Waals surface area contributed by atoms with E-state index in [0.29, 0.717) is 6.42 Å². The highest BCUT2D eigenvalue weighted by molar-refractivity contribution is 7.79. The number of nitrogens with one attached hydrogen (secondary N) is 2. The summed E-state index contributed by atoms with van der Waals surface area (Å²) in [4.78, 5) is 33.1. The summed E-state index contributed by atoms with van der Waals surface area (Å²) in [7, 11) is -6.36. The first-order chi connectivity index (χ1) is 15.4. The fourth-order valence-electron chi connectivity index (χ4n) is 2.75. The second-order valence-electron chi connectivity index (χ2n) is 7.41. The third kappa shape index (κ3) is 12.6. The highest BCUT2D eigenvalue weighted by Gasteiger charge is 2.30. The molecular formula is C19H27BN4O8S. The minimum Gasteiger partial charge on any atom is -0.426 e. The van der Waals surface area contributed by atoms with Crippen LogP contribution in [0.15, 0.2) is 48.9 Å². The van der Waals surface area contributed by atoms with Gasteiger partial charge in [0.1, 0.15) is 11.7 Å². The van der Waals surface area contributed by atoms with E-state index < -0.39 is 41.3 Å². The van der Waals surface area contributed by atoms with Crippen molar-refractivity contribution in [2.75, 3.05) is 0 Å². The van der Waals surface area contributed by atoms with Gasteiger partial charge in [0.2, 0.25) is 5.91 Å². The van der Waals surface area contributed by atoms with Gasteiger partial charge in [-0.25, -0.2) is 4.98 Å². The van der Waals surface area contributed by atoms with E-state index in [4.69, 9.17) is 17.5 Å². The van der Waals surface area contributed by atoms with Crippen LogP contribution in [-0.2, 0) is 21.6 Å². The number of rotatable bonds is 9. The van der Waals surface area contributed by atoms with Gasteiger partial charge in [-0.3, -0.25) is 23.7 Å². The number of hydrogen-bond donors (Lipinski definition) is 6. The summed E-state index contributed by atoms with van der Waals surface area (Å²) in [5.74, 6) is -1.72. The van der Waals surface area contributed by atoms with Gasteiger partial charge >= 0.3 is 17.5 Å². The van der Waals surface area contributed by atoms with Crippen molar-refractivity contribution in [1.82, 2.24) is 20.6 Å². The summed E-state index contributed by atoms with van der Waals surface area (Å²) in [5.41, 5.74) is 0.946.